The number of carbonyl (C=O) groups excluding carboxylic acids is 1. The van der Waals surface area contributed by atoms with E-state index in [1.54, 1.807) is 20.3 Å². The number of amides is 1. The molecule has 4 heteroatoms. The van der Waals surface area contributed by atoms with Crippen molar-refractivity contribution in [2.75, 3.05) is 14.1 Å². The Hall–Kier alpha value is -1.42. The summed E-state index contributed by atoms with van der Waals surface area (Å²) in [5.41, 5.74) is 6.58. The van der Waals surface area contributed by atoms with E-state index < -0.39 is 0 Å². The van der Waals surface area contributed by atoms with E-state index >= 15 is 0 Å². The van der Waals surface area contributed by atoms with Crippen molar-refractivity contribution in [1.82, 2.24) is 9.88 Å². The van der Waals surface area contributed by atoms with Crippen LogP contribution in [-0.2, 0) is 4.79 Å². The van der Waals surface area contributed by atoms with Gasteiger partial charge in [-0.15, -0.1) is 0 Å². The number of carbonyl (C=O) groups is 1. The molecular formula is C10H15N3O. The van der Waals surface area contributed by atoms with E-state index in [0.717, 1.165) is 5.69 Å². The van der Waals surface area contributed by atoms with Crippen molar-refractivity contribution in [3.8, 4) is 0 Å². The molecule has 76 valence electrons. The summed E-state index contributed by atoms with van der Waals surface area (Å²) in [4.78, 5) is 17.0. The van der Waals surface area contributed by atoms with Crippen LogP contribution in [0.2, 0.25) is 0 Å². The van der Waals surface area contributed by atoms with Gasteiger partial charge in [-0.05, 0) is 12.1 Å². The minimum Gasteiger partial charge on any atom is -0.349 e. The van der Waals surface area contributed by atoms with Gasteiger partial charge in [0.15, 0.2) is 0 Å². The highest BCUT2D eigenvalue weighted by Crippen LogP contribution is 2.10. The van der Waals surface area contributed by atoms with Gasteiger partial charge in [-0.3, -0.25) is 9.78 Å². The fourth-order valence-electron chi connectivity index (χ4n) is 1.07. The highest BCUT2D eigenvalue weighted by atomic mass is 16.2. The molecule has 1 heterocycles. The number of hydrogen-bond donors (Lipinski definition) is 1. The zero-order chi connectivity index (χ0) is 10.6. The zero-order valence-electron chi connectivity index (χ0n) is 8.47. The smallest absolute Gasteiger partial charge is 0.224 e. The van der Waals surface area contributed by atoms with Crippen molar-refractivity contribution in [1.29, 1.82) is 0 Å². The molecule has 1 rings (SSSR count). The summed E-state index contributed by atoms with van der Waals surface area (Å²) in [6.45, 7) is 0. The van der Waals surface area contributed by atoms with Crippen molar-refractivity contribution in [3.05, 3.63) is 30.1 Å². The molecule has 0 aromatic carbocycles. The monoisotopic (exact) mass is 193 g/mol. The topological polar surface area (TPSA) is 59.2 Å². The van der Waals surface area contributed by atoms with Crippen molar-refractivity contribution < 1.29 is 4.79 Å². The van der Waals surface area contributed by atoms with Crippen LogP contribution < -0.4 is 5.73 Å². The molecule has 0 saturated carbocycles. The molecule has 0 aliphatic carbocycles. The standard InChI is InChI=1S/C10H15N3O/c1-13(2)10(14)7-8(11)9-5-3-4-6-12-9/h3-6,8H,7,11H2,1-2H3. The Morgan fingerprint density at radius 3 is 2.79 bits per heavy atom. The average molecular weight is 193 g/mol. The van der Waals surface area contributed by atoms with Gasteiger partial charge in [-0.25, -0.2) is 0 Å². The van der Waals surface area contributed by atoms with Crippen LogP contribution in [0.3, 0.4) is 0 Å². The van der Waals surface area contributed by atoms with Gasteiger partial charge in [0.1, 0.15) is 0 Å². The Balaban J connectivity index is 2.59. The first-order valence-electron chi connectivity index (χ1n) is 4.48. The number of rotatable bonds is 3. The van der Waals surface area contributed by atoms with Crippen molar-refractivity contribution in [3.63, 3.8) is 0 Å². The van der Waals surface area contributed by atoms with Gasteiger partial charge in [-0.2, -0.15) is 0 Å². The van der Waals surface area contributed by atoms with Crippen LogP contribution in [0.1, 0.15) is 18.2 Å². The molecule has 0 fully saturated rings. The van der Waals surface area contributed by atoms with Crippen LogP contribution in [0.25, 0.3) is 0 Å². The van der Waals surface area contributed by atoms with E-state index in [0.29, 0.717) is 6.42 Å². The maximum Gasteiger partial charge on any atom is 0.224 e. The Labute approximate surface area is 83.7 Å². The molecule has 0 aliphatic rings. The minimum absolute atomic E-state index is 0.0168. The summed E-state index contributed by atoms with van der Waals surface area (Å²) in [5.74, 6) is 0.0168. The number of aromatic nitrogens is 1. The molecule has 0 aliphatic heterocycles. The summed E-state index contributed by atoms with van der Waals surface area (Å²) < 4.78 is 0. The van der Waals surface area contributed by atoms with Crippen LogP contribution in [0, 0.1) is 0 Å². The number of hydrogen-bond acceptors (Lipinski definition) is 3. The van der Waals surface area contributed by atoms with Crippen molar-refractivity contribution >= 4 is 5.91 Å². The van der Waals surface area contributed by atoms with Crippen molar-refractivity contribution in [2.24, 2.45) is 5.73 Å². The number of nitrogens with zero attached hydrogens (tertiary/aromatic N) is 2. The van der Waals surface area contributed by atoms with E-state index in [1.807, 2.05) is 18.2 Å². The first-order valence-corrected chi connectivity index (χ1v) is 4.48. The van der Waals surface area contributed by atoms with Gasteiger partial charge in [0.2, 0.25) is 5.91 Å². The molecule has 1 unspecified atom stereocenters. The minimum atomic E-state index is -0.314. The first kappa shape index (κ1) is 10.7. The van der Waals surface area contributed by atoms with Gasteiger partial charge < -0.3 is 10.6 Å². The summed E-state index contributed by atoms with van der Waals surface area (Å²) in [7, 11) is 3.43. The lowest BCUT2D eigenvalue weighted by Crippen LogP contribution is -2.26. The molecule has 1 aromatic rings. The molecule has 4 nitrogen and oxygen atoms in total. The normalized spacial score (nSPS) is 12.2. The third-order valence-corrected chi connectivity index (χ3v) is 1.96. The third-order valence-electron chi connectivity index (χ3n) is 1.96. The molecule has 0 spiro atoms. The van der Waals surface area contributed by atoms with Gasteiger partial charge >= 0.3 is 0 Å². The molecule has 1 atom stereocenters. The first-order chi connectivity index (χ1) is 6.61. The molecule has 0 bridgehead atoms. The fourth-order valence-corrected chi connectivity index (χ4v) is 1.07. The maximum absolute atomic E-state index is 11.3. The predicted octanol–water partition coefficient (Wildman–Crippen LogP) is 0.560. The fraction of sp³-hybridized carbons (Fsp3) is 0.400. The summed E-state index contributed by atoms with van der Waals surface area (Å²) in [6.07, 6.45) is 1.97. The Kier molecular flexibility index (Phi) is 3.59. The molecule has 1 aromatic heterocycles. The second-order valence-electron chi connectivity index (χ2n) is 3.35. The van der Waals surface area contributed by atoms with Crippen LogP contribution >= 0.6 is 0 Å². The molecule has 2 N–H and O–H groups in total. The van der Waals surface area contributed by atoms with Crippen LogP contribution in [0.15, 0.2) is 24.4 Å². The van der Waals surface area contributed by atoms with Crippen LogP contribution in [0.5, 0.6) is 0 Å². The largest absolute Gasteiger partial charge is 0.349 e. The summed E-state index contributed by atoms with van der Waals surface area (Å²) in [6, 6.07) is 5.20. The lowest BCUT2D eigenvalue weighted by Gasteiger charge is -2.14. The molecule has 1 amide bonds. The highest BCUT2D eigenvalue weighted by molar-refractivity contribution is 5.76. The zero-order valence-corrected chi connectivity index (χ0v) is 8.47. The predicted molar refractivity (Wildman–Crippen MR) is 54.5 cm³/mol. The van der Waals surface area contributed by atoms with Gasteiger partial charge in [0, 0.05) is 26.7 Å². The number of nitrogens with two attached hydrogens (primary N) is 1. The lowest BCUT2D eigenvalue weighted by molar-refractivity contribution is -0.129. The van der Waals surface area contributed by atoms with E-state index in [4.69, 9.17) is 5.73 Å². The highest BCUT2D eigenvalue weighted by Gasteiger charge is 2.13. The SMILES string of the molecule is CN(C)C(=O)CC(N)c1ccccn1. The quantitative estimate of drug-likeness (QED) is 0.763. The Bertz CT molecular complexity index is 297. The molecule has 0 saturated heterocycles. The molecule has 14 heavy (non-hydrogen) atoms. The van der Waals surface area contributed by atoms with Gasteiger partial charge in [0.25, 0.3) is 0 Å². The second-order valence-corrected chi connectivity index (χ2v) is 3.35. The van der Waals surface area contributed by atoms with Crippen molar-refractivity contribution in [2.45, 2.75) is 12.5 Å². The van der Waals surface area contributed by atoms with E-state index in [2.05, 4.69) is 4.98 Å². The van der Waals surface area contributed by atoms with Gasteiger partial charge in [0.05, 0.1) is 11.7 Å². The van der Waals surface area contributed by atoms with E-state index in [9.17, 15) is 4.79 Å². The lowest BCUT2D eigenvalue weighted by atomic mass is 10.1. The number of pyridine rings is 1. The summed E-state index contributed by atoms with van der Waals surface area (Å²) in [5, 5.41) is 0. The van der Waals surface area contributed by atoms with Gasteiger partial charge in [-0.1, -0.05) is 6.07 Å². The average Bonchev–Trinajstić information content (AvgIpc) is 2.19. The summed E-state index contributed by atoms with van der Waals surface area (Å²) >= 11 is 0. The maximum atomic E-state index is 11.3. The Morgan fingerprint density at radius 1 is 1.57 bits per heavy atom. The molecular weight excluding hydrogens is 178 g/mol. The van der Waals surface area contributed by atoms with Crippen LogP contribution in [0.4, 0.5) is 0 Å². The Morgan fingerprint density at radius 2 is 2.29 bits per heavy atom. The third kappa shape index (κ3) is 2.81. The van der Waals surface area contributed by atoms with E-state index in [1.165, 1.54) is 4.90 Å². The second kappa shape index (κ2) is 4.72. The molecule has 0 radical (unpaired) electrons. The van der Waals surface area contributed by atoms with Crippen LogP contribution in [-0.4, -0.2) is 29.9 Å². The van der Waals surface area contributed by atoms with E-state index in [-0.39, 0.29) is 11.9 Å².